The van der Waals surface area contributed by atoms with Crippen LogP contribution in [0.3, 0.4) is 0 Å². The number of aromatic nitrogens is 3. The van der Waals surface area contributed by atoms with Crippen LogP contribution in [0.25, 0.3) is 11.0 Å². The van der Waals surface area contributed by atoms with Crippen molar-refractivity contribution < 1.29 is 9.90 Å². The smallest absolute Gasteiger partial charge is 0.337 e. The van der Waals surface area contributed by atoms with E-state index in [-0.39, 0.29) is 5.56 Å². The van der Waals surface area contributed by atoms with Crippen LogP contribution in [-0.4, -0.2) is 26.1 Å². The van der Waals surface area contributed by atoms with Crippen molar-refractivity contribution in [2.75, 3.05) is 0 Å². The Bertz CT molecular complexity index is 548. The van der Waals surface area contributed by atoms with Crippen LogP contribution in [0, 0.1) is 5.92 Å². The molecular weight excluding hydrogens is 218 g/mol. The third-order valence-corrected chi connectivity index (χ3v) is 2.95. The maximum Gasteiger partial charge on any atom is 0.337 e. The van der Waals surface area contributed by atoms with Gasteiger partial charge in [0.2, 0.25) is 0 Å². The number of fused-ring (bicyclic) bond motifs is 1. The van der Waals surface area contributed by atoms with Crippen molar-refractivity contribution in [3.8, 4) is 0 Å². The largest absolute Gasteiger partial charge is 0.478 e. The number of carboxylic acid groups (broad SMARTS) is 1. The first-order valence-corrected chi connectivity index (χ1v) is 5.69. The Hall–Kier alpha value is -1.91. The minimum Gasteiger partial charge on any atom is -0.478 e. The maximum absolute atomic E-state index is 11.2. The van der Waals surface area contributed by atoms with Crippen LogP contribution in [0.4, 0.5) is 0 Å². The van der Waals surface area contributed by atoms with Crippen molar-refractivity contribution >= 4 is 17.0 Å². The Morgan fingerprint density at radius 3 is 2.94 bits per heavy atom. The molecule has 1 heterocycles. The molecule has 0 bridgehead atoms. The van der Waals surface area contributed by atoms with E-state index in [1.54, 1.807) is 22.9 Å². The molecule has 1 atom stereocenters. The molecule has 1 N–H and O–H groups in total. The van der Waals surface area contributed by atoms with Gasteiger partial charge in [-0.2, -0.15) is 0 Å². The molecule has 0 fully saturated rings. The van der Waals surface area contributed by atoms with Crippen LogP contribution in [0.1, 0.15) is 30.6 Å². The summed E-state index contributed by atoms with van der Waals surface area (Å²) in [6.07, 6.45) is 1.02. The number of hydrogen-bond donors (Lipinski definition) is 1. The van der Waals surface area contributed by atoms with E-state index in [0.717, 1.165) is 6.42 Å². The maximum atomic E-state index is 11.2. The van der Waals surface area contributed by atoms with Crippen molar-refractivity contribution in [2.24, 2.45) is 5.92 Å². The summed E-state index contributed by atoms with van der Waals surface area (Å²) in [6, 6.07) is 5.05. The number of aromatic carboxylic acids is 1. The minimum atomic E-state index is -0.941. The summed E-state index contributed by atoms with van der Waals surface area (Å²) in [7, 11) is 0. The van der Waals surface area contributed by atoms with E-state index >= 15 is 0 Å². The molecule has 2 aromatic rings. The van der Waals surface area contributed by atoms with Crippen molar-refractivity contribution in [3.63, 3.8) is 0 Å². The molecule has 0 saturated carbocycles. The van der Waals surface area contributed by atoms with Gasteiger partial charge in [-0.3, -0.25) is 0 Å². The number of carbonyl (C=O) groups is 1. The molecule has 90 valence electrons. The van der Waals surface area contributed by atoms with E-state index in [1.807, 2.05) is 0 Å². The first kappa shape index (κ1) is 11.6. The molecule has 1 aromatic heterocycles. The Morgan fingerprint density at radius 1 is 1.53 bits per heavy atom. The SMILES string of the molecule is CCC(C)Cn1nnc2cccc(C(=O)O)c21. The van der Waals surface area contributed by atoms with Gasteiger partial charge < -0.3 is 5.11 Å². The zero-order chi connectivity index (χ0) is 12.4. The Balaban J connectivity index is 2.53. The second kappa shape index (κ2) is 4.53. The highest BCUT2D eigenvalue weighted by Crippen LogP contribution is 2.18. The number of benzene rings is 1. The topological polar surface area (TPSA) is 68.0 Å². The average Bonchev–Trinajstić information content (AvgIpc) is 2.72. The number of carboxylic acids is 1. The minimum absolute atomic E-state index is 0.260. The highest BCUT2D eigenvalue weighted by atomic mass is 16.4. The summed E-state index contributed by atoms with van der Waals surface area (Å²) in [4.78, 5) is 11.2. The van der Waals surface area contributed by atoms with Crippen LogP contribution >= 0.6 is 0 Å². The molecular formula is C12H15N3O2. The van der Waals surface area contributed by atoms with Crippen molar-refractivity contribution in [1.82, 2.24) is 15.0 Å². The fourth-order valence-corrected chi connectivity index (χ4v) is 1.75. The highest BCUT2D eigenvalue weighted by molar-refractivity contribution is 6.00. The average molecular weight is 233 g/mol. The molecule has 1 aromatic carbocycles. The van der Waals surface area contributed by atoms with Crippen LogP contribution < -0.4 is 0 Å². The molecule has 0 aliphatic carbocycles. The van der Waals surface area contributed by atoms with E-state index < -0.39 is 5.97 Å². The molecule has 0 amide bonds. The number of nitrogens with zero attached hydrogens (tertiary/aromatic N) is 3. The van der Waals surface area contributed by atoms with Gasteiger partial charge in [-0.15, -0.1) is 5.10 Å². The van der Waals surface area contributed by atoms with Crippen molar-refractivity contribution in [1.29, 1.82) is 0 Å². The van der Waals surface area contributed by atoms with Crippen LogP contribution in [0.5, 0.6) is 0 Å². The molecule has 2 rings (SSSR count). The molecule has 1 unspecified atom stereocenters. The molecule has 0 aliphatic rings. The fraction of sp³-hybridized carbons (Fsp3) is 0.417. The summed E-state index contributed by atoms with van der Waals surface area (Å²) in [6.45, 7) is 4.90. The van der Waals surface area contributed by atoms with Gasteiger partial charge in [0.05, 0.1) is 5.56 Å². The van der Waals surface area contributed by atoms with Gasteiger partial charge >= 0.3 is 5.97 Å². The van der Waals surface area contributed by atoms with E-state index in [4.69, 9.17) is 5.11 Å². The number of para-hydroxylation sites is 1. The molecule has 0 radical (unpaired) electrons. The highest BCUT2D eigenvalue weighted by Gasteiger charge is 2.15. The van der Waals surface area contributed by atoms with Gasteiger partial charge in [-0.05, 0) is 18.1 Å². The lowest BCUT2D eigenvalue weighted by Gasteiger charge is -2.09. The third kappa shape index (κ3) is 2.13. The second-order valence-corrected chi connectivity index (χ2v) is 4.26. The lowest BCUT2D eigenvalue weighted by Crippen LogP contribution is -2.10. The first-order chi connectivity index (χ1) is 8.13. The van der Waals surface area contributed by atoms with E-state index in [0.29, 0.717) is 23.5 Å². The zero-order valence-electron chi connectivity index (χ0n) is 9.92. The summed E-state index contributed by atoms with van der Waals surface area (Å²) in [5.74, 6) is -0.495. The van der Waals surface area contributed by atoms with Gasteiger partial charge in [0.1, 0.15) is 11.0 Å². The van der Waals surface area contributed by atoms with E-state index in [9.17, 15) is 4.79 Å². The monoisotopic (exact) mass is 233 g/mol. The number of hydrogen-bond acceptors (Lipinski definition) is 3. The fourth-order valence-electron chi connectivity index (χ4n) is 1.75. The Kier molecular flexibility index (Phi) is 3.08. The third-order valence-electron chi connectivity index (χ3n) is 2.95. The predicted molar refractivity (Wildman–Crippen MR) is 63.9 cm³/mol. The lowest BCUT2D eigenvalue weighted by atomic mass is 10.1. The first-order valence-electron chi connectivity index (χ1n) is 5.69. The van der Waals surface area contributed by atoms with Gasteiger partial charge in [0.25, 0.3) is 0 Å². The summed E-state index contributed by atoms with van der Waals surface area (Å²) >= 11 is 0. The lowest BCUT2D eigenvalue weighted by molar-refractivity contribution is 0.0698. The molecule has 17 heavy (non-hydrogen) atoms. The predicted octanol–water partition coefficient (Wildman–Crippen LogP) is 2.18. The summed E-state index contributed by atoms with van der Waals surface area (Å²) in [5.41, 5.74) is 1.50. The van der Waals surface area contributed by atoms with Gasteiger partial charge in [-0.25, -0.2) is 9.48 Å². The van der Waals surface area contributed by atoms with Crippen LogP contribution in [0.2, 0.25) is 0 Å². The Labute approximate surface area is 99.1 Å². The van der Waals surface area contributed by atoms with Gasteiger partial charge in [0.15, 0.2) is 0 Å². The van der Waals surface area contributed by atoms with Crippen LogP contribution in [0.15, 0.2) is 18.2 Å². The standard InChI is InChI=1S/C12H15N3O2/c1-3-8(2)7-15-11-9(12(16)17)5-4-6-10(11)13-14-15/h4-6,8H,3,7H2,1-2H3,(H,16,17). The number of rotatable bonds is 4. The summed E-state index contributed by atoms with van der Waals surface area (Å²) < 4.78 is 1.69. The molecule has 5 heteroatoms. The van der Waals surface area contributed by atoms with Crippen molar-refractivity contribution in [3.05, 3.63) is 23.8 Å². The van der Waals surface area contributed by atoms with Crippen molar-refractivity contribution in [2.45, 2.75) is 26.8 Å². The zero-order valence-corrected chi connectivity index (χ0v) is 9.92. The summed E-state index contributed by atoms with van der Waals surface area (Å²) in [5, 5.41) is 17.2. The van der Waals surface area contributed by atoms with E-state index in [2.05, 4.69) is 24.2 Å². The normalized spacial score (nSPS) is 12.8. The second-order valence-electron chi connectivity index (χ2n) is 4.26. The molecule has 0 saturated heterocycles. The van der Waals surface area contributed by atoms with Gasteiger partial charge in [-0.1, -0.05) is 31.5 Å². The van der Waals surface area contributed by atoms with Gasteiger partial charge in [0, 0.05) is 6.54 Å². The Morgan fingerprint density at radius 2 is 2.29 bits per heavy atom. The quantitative estimate of drug-likeness (QED) is 0.878. The van der Waals surface area contributed by atoms with Crippen LogP contribution in [-0.2, 0) is 6.54 Å². The van der Waals surface area contributed by atoms with E-state index in [1.165, 1.54) is 0 Å². The molecule has 0 spiro atoms. The molecule has 0 aliphatic heterocycles. The molecule has 5 nitrogen and oxygen atoms in total.